The third-order valence-corrected chi connectivity index (χ3v) is 4.95. The Hall–Kier alpha value is -2.25. The van der Waals surface area contributed by atoms with E-state index in [0.717, 1.165) is 5.56 Å². The van der Waals surface area contributed by atoms with Crippen molar-refractivity contribution in [2.75, 3.05) is 0 Å². The molecule has 2 aromatic rings. The monoisotopic (exact) mass is 348 g/mol. The van der Waals surface area contributed by atoms with E-state index in [-0.39, 0.29) is 22.4 Å². The van der Waals surface area contributed by atoms with Gasteiger partial charge in [0.1, 0.15) is 0 Å². The van der Waals surface area contributed by atoms with E-state index < -0.39 is 16.0 Å². The Morgan fingerprint density at radius 2 is 1.79 bits per heavy atom. The minimum absolute atomic E-state index is 0.0586. The van der Waals surface area contributed by atoms with E-state index in [1.165, 1.54) is 18.3 Å². The molecule has 0 unspecified atom stereocenters. The van der Waals surface area contributed by atoms with Crippen molar-refractivity contribution in [1.29, 1.82) is 0 Å². The van der Waals surface area contributed by atoms with Gasteiger partial charge in [0.05, 0.1) is 22.7 Å². The SMILES string of the molecule is CC(C)(C)c1ccc(S(=O)(=O)NCc2cc(C(=O)O)ccn2)cc1. The van der Waals surface area contributed by atoms with Gasteiger partial charge in [0, 0.05) is 6.20 Å². The molecule has 6 nitrogen and oxygen atoms in total. The molecule has 0 aliphatic heterocycles. The van der Waals surface area contributed by atoms with Crippen molar-refractivity contribution in [3.05, 3.63) is 59.4 Å². The molecular weight excluding hydrogens is 328 g/mol. The summed E-state index contributed by atoms with van der Waals surface area (Å²) in [7, 11) is -3.69. The molecule has 0 spiro atoms. The number of sulfonamides is 1. The van der Waals surface area contributed by atoms with Gasteiger partial charge in [-0.3, -0.25) is 4.98 Å². The number of aromatic carboxylic acids is 1. The molecule has 0 fully saturated rings. The molecule has 2 N–H and O–H groups in total. The zero-order chi connectivity index (χ0) is 18.0. The van der Waals surface area contributed by atoms with Crippen LogP contribution >= 0.6 is 0 Å². The van der Waals surface area contributed by atoms with Gasteiger partial charge in [0.2, 0.25) is 10.0 Å². The summed E-state index contributed by atoms with van der Waals surface area (Å²) in [6.45, 7) is 6.08. The molecule has 128 valence electrons. The van der Waals surface area contributed by atoms with Crippen LogP contribution in [-0.2, 0) is 22.0 Å². The van der Waals surface area contributed by atoms with E-state index in [9.17, 15) is 13.2 Å². The lowest BCUT2D eigenvalue weighted by Gasteiger charge is -2.19. The van der Waals surface area contributed by atoms with Crippen molar-refractivity contribution in [1.82, 2.24) is 9.71 Å². The van der Waals surface area contributed by atoms with Gasteiger partial charge in [-0.05, 0) is 35.2 Å². The second kappa shape index (κ2) is 6.70. The Morgan fingerprint density at radius 1 is 1.17 bits per heavy atom. The van der Waals surface area contributed by atoms with Gasteiger partial charge in [0.15, 0.2) is 0 Å². The summed E-state index contributed by atoms with van der Waals surface area (Å²) < 4.78 is 27.1. The van der Waals surface area contributed by atoms with Crippen LogP contribution in [0.4, 0.5) is 0 Å². The van der Waals surface area contributed by atoms with Crippen LogP contribution in [0.15, 0.2) is 47.5 Å². The Kier molecular flexibility index (Phi) is 5.05. The lowest BCUT2D eigenvalue weighted by atomic mass is 9.87. The summed E-state index contributed by atoms with van der Waals surface area (Å²) in [6.07, 6.45) is 1.34. The average Bonchev–Trinajstić information content (AvgIpc) is 2.52. The van der Waals surface area contributed by atoms with Crippen LogP contribution in [0.25, 0.3) is 0 Å². The highest BCUT2D eigenvalue weighted by molar-refractivity contribution is 7.89. The predicted octanol–water partition coefficient (Wildman–Crippen LogP) is 2.56. The van der Waals surface area contributed by atoms with Crippen LogP contribution < -0.4 is 4.72 Å². The molecule has 7 heteroatoms. The summed E-state index contributed by atoms with van der Waals surface area (Å²) in [4.78, 5) is 15.1. The van der Waals surface area contributed by atoms with Crippen LogP contribution in [0, 0.1) is 0 Å². The number of aromatic nitrogens is 1. The number of hydrogen-bond donors (Lipinski definition) is 2. The number of carboxylic acids is 1. The van der Waals surface area contributed by atoms with Gasteiger partial charge in [0.25, 0.3) is 0 Å². The first-order chi connectivity index (χ1) is 11.1. The van der Waals surface area contributed by atoms with Crippen molar-refractivity contribution in [2.24, 2.45) is 0 Å². The highest BCUT2D eigenvalue weighted by atomic mass is 32.2. The topological polar surface area (TPSA) is 96.4 Å². The largest absolute Gasteiger partial charge is 0.478 e. The van der Waals surface area contributed by atoms with Crippen molar-refractivity contribution >= 4 is 16.0 Å². The fraction of sp³-hybridized carbons (Fsp3) is 0.294. The summed E-state index contributed by atoms with van der Waals surface area (Å²) in [5.41, 5.74) is 1.38. The van der Waals surface area contributed by atoms with Gasteiger partial charge in [-0.15, -0.1) is 0 Å². The number of benzene rings is 1. The predicted molar refractivity (Wildman–Crippen MR) is 90.4 cm³/mol. The molecule has 1 aromatic heterocycles. The zero-order valence-corrected chi connectivity index (χ0v) is 14.6. The molecule has 0 amide bonds. The quantitative estimate of drug-likeness (QED) is 0.865. The van der Waals surface area contributed by atoms with E-state index in [4.69, 9.17) is 5.11 Å². The van der Waals surface area contributed by atoms with Crippen LogP contribution in [0.5, 0.6) is 0 Å². The highest BCUT2D eigenvalue weighted by Crippen LogP contribution is 2.23. The maximum absolute atomic E-state index is 12.3. The third kappa shape index (κ3) is 4.39. The summed E-state index contributed by atoms with van der Waals surface area (Å²) in [5, 5.41) is 8.94. The normalized spacial score (nSPS) is 12.1. The Bertz CT molecular complexity index is 838. The highest BCUT2D eigenvalue weighted by Gasteiger charge is 2.17. The minimum atomic E-state index is -3.69. The van der Waals surface area contributed by atoms with E-state index in [0.29, 0.717) is 5.69 Å². The van der Waals surface area contributed by atoms with Crippen LogP contribution in [-0.4, -0.2) is 24.5 Å². The summed E-state index contributed by atoms with van der Waals surface area (Å²) in [5.74, 6) is -1.08. The van der Waals surface area contributed by atoms with Gasteiger partial charge in [-0.2, -0.15) is 0 Å². The molecule has 1 heterocycles. The standard InChI is InChI=1S/C17H20N2O4S/c1-17(2,3)13-4-6-15(7-5-13)24(22,23)19-11-14-10-12(16(20)21)8-9-18-14/h4-10,19H,11H2,1-3H3,(H,20,21). The summed E-state index contributed by atoms with van der Waals surface area (Å²) >= 11 is 0. The number of nitrogens with zero attached hydrogens (tertiary/aromatic N) is 1. The average molecular weight is 348 g/mol. The van der Waals surface area contributed by atoms with Crippen LogP contribution in [0.1, 0.15) is 42.4 Å². The third-order valence-electron chi connectivity index (χ3n) is 3.54. The van der Waals surface area contributed by atoms with Crippen molar-refractivity contribution in [2.45, 2.75) is 37.6 Å². The van der Waals surface area contributed by atoms with Crippen LogP contribution in [0.2, 0.25) is 0 Å². The molecule has 0 saturated carbocycles. The van der Waals surface area contributed by atoms with Crippen molar-refractivity contribution < 1.29 is 18.3 Å². The van der Waals surface area contributed by atoms with Gasteiger partial charge in [-0.25, -0.2) is 17.9 Å². The minimum Gasteiger partial charge on any atom is -0.478 e. The molecule has 0 aliphatic carbocycles. The Labute approximate surface area is 141 Å². The maximum Gasteiger partial charge on any atom is 0.335 e. The number of rotatable bonds is 5. The molecule has 0 saturated heterocycles. The number of carboxylic acid groups (broad SMARTS) is 1. The second-order valence-corrected chi connectivity index (χ2v) is 8.21. The molecule has 0 atom stereocenters. The Morgan fingerprint density at radius 3 is 2.33 bits per heavy atom. The van der Waals surface area contributed by atoms with Gasteiger partial charge >= 0.3 is 5.97 Å². The van der Waals surface area contributed by atoms with E-state index in [1.54, 1.807) is 24.3 Å². The molecule has 1 aromatic carbocycles. The van der Waals surface area contributed by atoms with Gasteiger partial charge < -0.3 is 5.11 Å². The molecule has 0 bridgehead atoms. The molecule has 24 heavy (non-hydrogen) atoms. The van der Waals surface area contributed by atoms with E-state index >= 15 is 0 Å². The molecular formula is C17H20N2O4S. The maximum atomic E-state index is 12.3. The first-order valence-corrected chi connectivity index (χ1v) is 8.86. The lowest BCUT2D eigenvalue weighted by molar-refractivity contribution is 0.0696. The molecule has 2 rings (SSSR count). The molecule has 0 aliphatic rings. The Balaban J connectivity index is 2.14. The van der Waals surface area contributed by atoms with Crippen molar-refractivity contribution in [3.8, 4) is 0 Å². The lowest BCUT2D eigenvalue weighted by Crippen LogP contribution is -2.24. The number of pyridine rings is 1. The van der Waals surface area contributed by atoms with Gasteiger partial charge in [-0.1, -0.05) is 32.9 Å². The van der Waals surface area contributed by atoms with E-state index in [1.807, 2.05) is 0 Å². The number of carbonyl (C=O) groups is 1. The first kappa shape index (κ1) is 18.1. The van der Waals surface area contributed by atoms with Crippen LogP contribution in [0.3, 0.4) is 0 Å². The smallest absolute Gasteiger partial charge is 0.335 e. The fourth-order valence-corrected chi connectivity index (χ4v) is 3.09. The zero-order valence-electron chi connectivity index (χ0n) is 13.8. The molecule has 0 radical (unpaired) electrons. The first-order valence-electron chi connectivity index (χ1n) is 7.38. The van der Waals surface area contributed by atoms with Crippen molar-refractivity contribution in [3.63, 3.8) is 0 Å². The fourth-order valence-electron chi connectivity index (χ4n) is 2.09. The summed E-state index contributed by atoms with van der Waals surface area (Å²) in [6, 6.07) is 9.39. The number of hydrogen-bond acceptors (Lipinski definition) is 4. The van der Waals surface area contributed by atoms with E-state index in [2.05, 4.69) is 30.5 Å². The number of nitrogens with one attached hydrogen (secondary N) is 1. The second-order valence-electron chi connectivity index (χ2n) is 6.44.